The van der Waals surface area contributed by atoms with Gasteiger partial charge in [-0.2, -0.15) is 13.2 Å². The largest absolute Gasteiger partial charge is 0.488 e. The van der Waals surface area contributed by atoms with E-state index in [4.69, 9.17) is 9.84 Å². The molecule has 0 amide bonds. The Morgan fingerprint density at radius 1 is 1.05 bits per heavy atom. The molecular formula is C12H13F5O3. The van der Waals surface area contributed by atoms with Crippen molar-refractivity contribution < 1.29 is 36.5 Å². The maximum Gasteiger partial charge on any atom is 0.411 e. The summed E-state index contributed by atoms with van der Waals surface area (Å²) in [7, 11) is 0. The van der Waals surface area contributed by atoms with Gasteiger partial charge < -0.3 is 14.6 Å². The second-order valence-corrected chi connectivity index (χ2v) is 3.92. The van der Waals surface area contributed by atoms with Crippen molar-refractivity contribution in [2.75, 3.05) is 19.8 Å². The van der Waals surface area contributed by atoms with Crippen LogP contribution in [-0.2, 0) is 11.3 Å². The molecule has 0 unspecified atom stereocenters. The molecule has 0 atom stereocenters. The van der Waals surface area contributed by atoms with Gasteiger partial charge in [0.2, 0.25) is 0 Å². The third-order valence-corrected chi connectivity index (χ3v) is 2.19. The van der Waals surface area contributed by atoms with Crippen molar-refractivity contribution in [2.45, 2.75) is 19.2 Å². The Morgan fingerprint density at radius 3 is 2.15 bits per heavy atom. The molecule has 0 fully saturated rings. The lowest BCUT2D eigenvalue weighted by atomic mass is 10.2. The van der Waals surface area contributed by atoms with Crippen LogP contribution in [0, 0.1) is 11.6 Å². The summed E-state index contributed by atoms with van der Waals surface area (Å²) in [5.41, 5.74) is 0.0564. The number of aliphatic hydroxyl groups is 1. The monoisotopic (exact) mass is 300 g/mol. The first-order valence-electron chi connectivity index (χ1n) is 5.69. The molecule has 0 bridgehead atoms. The first-order valence-corrected chi connectivity index (χ1v) is 5.69. The SMILES string of the molecule is OCc1cc(F)c(OCCCOCC(F)(F)F)c(F)c1. The van der Waals surface area contributed by atoms with Crippen LogP contribution in [0.15, 0.2) is 12.1 Å². The highest BCUT2D eigenvalue weighted by molar-refractivity contribution is 5.31. The molecule has 1 N–H and O–H groups in total. The molecule has 0 saturated heterocycles. The number of aliphatic hydroxyl groups excluding tert-OH is 1. The van der Waals surface area contributed by atoms with E-state index in [9.17, 15) is 22.0 Å². The zero-order valence-electron chi connectivity index (χ0n) is 10.3. The minimum atomic E-state index is -4.40. The van der Waals surface area contributed by atoms with Gasteiger partial charge in [-0.05, 0) is 17.7 Å². The second-order valence-electron chi connectivity index (χ2n) is 3.92. The van der Waals surface area contributed by atoms with Gasteiger partial charge >= 0.3 is 6.18 Å². The lowest BCUT2D eigenvalue weighted by molar-refractivity contribution is -0.174. The van der Waals surface area contributed by atoms with Crippen molar-refractivity contribution in [3.8, 4) is 5.75 Å². The summed E-state index contributed by atoms with van der Waals surface area (Å²) in [5, 5.41) is 8.73. The first kappa shape index (κ1) is 16.6. The number of ether oxygens (including phenoxy) is 2. The fourth-order valence-corrected chi connectivity index (χ4v) is 1.36. The van der Waals surface area contributed by atoms with E-state index in [1.54, 1.807) is 0 Å². The van der Waals surface area contributed by atoms with Crippen LogP contribution in [0.1, 0.15) is 12.0 Å². The van der Waals surface area contributed by atoms with Crippen molar-refractivity contribution in [2.24, 2.45) is 0 Å². The molecule has 8 heteroatoms. The highest BCUT2D eigenvalue weighted by atomic mass is 19.4. The Hall–Kier alpha value is -1.41. The summed E-state index contributed by atoms with van der Waals surface area (Å²) in [6.07, 6.45) is -4.35. The summed E-state index contributed by atoms with van der Waals surface area (Å²) in [6.45, 7) is -2.32. The molecule has 0 aliphatic heterocycles. The molecule has 1 rings (SSSR count). The molecule has 0 aromatic heterocycles. The third-order valence-electron chi connectivity index (χ3n) is 2.19. The van der Waals surface area contributed by atoms with E-state index in [0.29, 0.717) is 0 Å². The normalized spacial score (nSPS) is 11.7. The van der Waals surface area contributed by atoms with E-state index in [1.807, 2.05) is 0 Å². The van der Waals surface area contributed by atoms with E-state index in [0.717, 1.165) is 12.1 Å². The fraction of sp³-hybridized carbons (Fsp3) is 0.500. The molecule has 0 saturated carbocycles. The summed E-state index contributed by atoms with van der Waals surface area (Å²) in [6, 6.07) is 1.83. The fourth-order valence-electron chi connectivity index (χ4n) is 1.36. The van der Waals surface area contributed by atoms with Gasteiger partial charge in [0.1, 0.15) is 6.61 Å². The summed E-state index contributed by atoms with van der Waals surface area (Å²) < 4.78 is 71.1. The Kier molecular flexibility index (Phi) is 6.15. The van der Waals surface area contributed by atoms with Crippen LogP contribution in [0.4, 0.5) is 22.0 Å². The third kappa shape index (κ3) is 5.70. The van der Waals surface area contributed by atoms with Gasteiger partial charge in [-0.15, -0.1) is 0 Å². The first-order chi connectivity index (χ1) is 9.33. The van der Waals surface area contributed by atoms with Crippen LogP contribution >= 0.6 is 0 Å². The standard InChI is InChI=1S/C12H13F5O3/c13-9-4-8(6-18)5-10(14)11(9)20-3-1-2-19-7-12(15,16)17/h4-5,18H,1-3,6-7H2. The molecule has 3 nitrogen and oxygen atoms in total. The number of alkyl halides is 3. The number of rotatable bonds is 7. The lowest BCUT2D eigenvalue weighted by Crippen LogP contribution is -2.18. The molecule has 0 aliphatic carbocycles. The molecule has 0 spiro atoms. The van der Waals surface area contributed by atoms with Crippen LogP contribution in [0.2, 0.25) is 0 Å². The topological polar surface area (TPSA) is 38.7 Å². The Labute approximate surface area is 111 Å². The van der Waals surface area contributed by atoms with Crippen LogP contribution in [0.3, 0.4) is 0 Å². The van der Waals surface area contributed by atoms with Gasteiger partial charge in [-0.1, -0.05) is 0 Å². The van der Waals surface area contributed by atoms with Crippen molar-refractivity contribution in [1.29, 1.82) is 0 Å². The minimum Gasteiger partial charge on any atom is -0.488 e. The molecule has 20 heavy (non-hydrogen) atoms. The smallest absolute Gasteiger partial charge is 0.411 e. The van der Waals surface area contributed by atoms with Crippen molar-refractivity contribution >= 4 is 0 Å². The highest BCUT2D eigenvalue weighted by Gasteiger charge is 2.27. The van der Waals surface area contributed by atoms with Gasteiger partial charge in [-0.25, -0.2) is 8.78 Å². The van der Waals surface area contributed by atoms with Crippen molar-refractivity contribution in [3.63, 3.8) is 0 Å². The van der Waals surface area contributed by atoms with Crippen LogP contribution in [0.25, 0.3) is 0 Å². The van der Waals surface area contributed by atoms with Crippen molar-refractivity contribution in [3.05, 3.63) is 29.3 Å². The zero-order chi connectivity index (χ0) is 15.2. The average molecular weight is 300 g/mol. The molecular weight excluding hydrogens is 287 g/mol. The van der Waals surface area contributed by atoms with E-state index < -0.39 is 36.8 Å². The van der Waals surface area contributed by atoms with E-state index >= 15 is 0 Å². The quantitative estimate of drug-likeness (QED) is 0.621. The van der Waals surface area contributed by atoms with E-state index in [2.05, 4.69) is 4.74 Å². The van der Waals surface area contributed by atoms with Gasteiger partial charge in [0.15, 0.2) is 17.4 Å². The molecule has 114 valence electrons. The predicted molar refractivity (Wildman–Crippen MR) is 59.3 cm³/mol. The highest BCUT2D eigenvalue weighted by Crippen LogP contribution is 2.23. The molecule has 0 radical (unpaired) electrons. The second kappa shape index (κ2) is 7.39. The van der Waals surface area contributed by atoms with Crippen LogP contribution in [-0.4, -0.2) is 31.1 Å². The number of benzene rings is 1. The summed E-state index contributed by atoms with van der Waals surface area (Å²) in [4.78, 5) is 0. The van der Waals surface area contributed by atoms with Crippen molar-refractivity contribution in [1.82, 2.24) is 0 Å². The summed E-state index contributed by atoms with van der Waals surface area (Å²) in [5.74, 6) is -2.59. The predicted octanol–water partition coefficient (Wildman–Crippen LogP) is 2.80. The molecule has 1 aromatic carbocycles. The Balaban J connectivity index is 2.36. The lowest BCUT2D eigenvalue weighted by Gasteiger charge is -2.10. The number of hydrogen-bond acceptors (Lipinski definition) is 3. The number of halogens is 5. The molecule has 0 heterocycles. The zero-order valence-corrected chi connectivity index (χ0v) is 10.3. The Morgan fingerprint density at radius 2 is 1.65 bits per heavy atom. The van der Waals surface area contributed by atoms with Crippen LogP contribution in [0.5, 0.6) is 5.75 Å². The maximum atomic E-state index is 13.4. The van der Waals surface area contributed by atoms with Gasteiger partial charge in [0.05, 0.1) is 19.8 Å². The Bertz CT molecular complexity index is 411. The molecule has 0 aliphatic rings. The van der Waals surface area contributed by atoms with Gasteiger partial charge in [0.25, 0.3) is 0 Å². The summed E-state index contributed by atoms with van der Waals surface area (Å²) >= 11 is 0. The van der Waals surface area contributed by atoms with Gasteiger partial charge in [0, 0.05) is 6.42 Å². The van der Waals surface area contributed by atoms with Gasteiger partial charge in [-0.3, -0.25) is 0 Å². The minimum absolute atomic E-state index is 0.0523. The number of hydrogen-bond donors (Lipinski definition) is 1. The van der Waals surface area contributed by atoms with E-state index in [1.165, 1.54) is 0 Å². The average Bonchev–Trinajstić information content (AvgIpc) is 2.34. The van der Waals surface area contributed by atoms with Crippen LogP contribution < -0.4 is 4.74 Å². The van der Waals surface area contributed by atoms with E-state index in [-0.39, 0.29) is 25.2 Å². The molecule has 1 aromatic rings. The maximum absolute atomic E-state index is 13.4.